The van der Waals surface area contributed by atoms with Crippen LogP contribution in [-0.2, 0) is 4.74 Å². The smallest absolute Gasteiger partial charge is 0.344 e. The summed E-state index contributed by atoms with van der Waals surface area (Å²) in [6.45, 7) is 4.94. The molecule has 3 aromatic rings. The van der Waals surface area contributed by atoms with E-state index in [9.17, 15) is 9.59 Å². The van der Waals surface area contributed by atoms with Crippen molar-refractivity contribution in [1.29, 1.82) is 0 Å². The minimum atomic E-state index is -0.714. The van der Waals surface area contributed by atoms with Gasteiger partial charge < -0.3 is 14.2 Å². The number of benzene rings is 1. The van der Waals surface area contributed by atoms with Gasteiger partial charge in [0.25, 0.3) is 5.56 Å². The van der Waals surface area contributed by atoms with Crippen molar-refractivity contribution in [3.05, 3.63) is 57.5 Å². The lowest BCUT2D eigenvalue weighted by atomic mass is 10.2. The molecule has 1 aromatic carbocycles. The zero-order valence-electron chi connectivity index (χ0n) is 12.9. The number of nitrogens with one attached hydrogen (secondary N) is 1. The Morgan fingerprint density at radius 3 is 2.74 bits per heavy atom. The predicted molar refractivity (Wildman–Crippen MR) is 82.2 cm³/mol. The normalized spacial score (nSPS) is 12.3. The molecule has 2 heterocycles. The second-order valence-corrected chi connectivity index (χ2v) is 5.22. The molecule has 0 saturated carbocycles. The number of carbonyl (C=O) groups excluding carboxylic acids is 1. The Morgan fingerprint density at radius 2 is 2.04 bits per heavy atom. The van der Waals surface area contributed by atoms with Gasteiger partial charge in [0.2, 0.25) is 0 Å². The van der Waals surface area contributed by atoms with Crippen molar-refractivity contribution < 1.29 is 14.1 Å². The number of H-pyrrole nitrogens is 1. The molecule has 0 unspecified atom stereocenters. The average Bonchev–Trinajstić information content (AvgIpc) is 2.86. The molecule has 0 radical (unpaired) electrons. The van der Waals surface area contributed by atoms with Gasteiger partial charge >= 0.3 is 5.97 Å². The van der Waals surface area contributed by atoms with Gasteiger partial charge in [0, 0.05) is 0 Å². The van der Waals surface area contributed by atoms with Crippen LogP contribution in [0.4, 0.5) is 0 Å². The lowest BCUT2D eigenvalue weighted by Crippen LogP contribution is -2.18. The first-order chi connectivity index (χ1) is 11.0. The Balaban J connectivity index is 1.90. The fourth-order valence-corrected chi connectivity index (χ4v) is 2.35. The van der Waals surface area contributed by atoms with E-state index in [1.54, 1.807) is 45.0 Å². The standard InChI is InChI=1S/C16H15N3O4/c1-8-13(9(2)23-19-8)16(21)22-10(3)14-17-12-7-5-4-6-11(12)15(20)18-14/h4-7,10H,1-3H3,(H,17,18,20)/t10-/m0/s1. The second kappa shape index (κ2) is 5.68. The van der Waals surface area contributed by atoms with Gasteiger partial charge in [0.1, 0.15) is 11.3 Å². The number of rotatable bonds is 3. The first kappa shape index (κ1) is 15.0. The van der Waals surface area contributed by atoms with Gasteiger partial charge in [-0.2, -0.15) is 0 Å². The van der Waals surface area contributed by atoms with Crippen LogP contribution in [0.3, 0.4) is 0 Å². The zero-order valence-corrected chi connectivity index (χ0v) is 12.9. The van der Waals surface area contributed by atoms with Gasteiger partial charge in [-0.25, -0.2) is 9.78 Å². The van der Waals surface area contributed by atoms with Gasteiger partial charge in [0.15, 0.2) is 11.9 Å². The summed E-state index contributed by atoms with van der Waals surface area (Å²) in [7, 11) is 0. The third-order valence-electron chi connectivity index (χ3n) is 3.54. The molecule has 0 aliphatic rings. The number of nitrogens with zero attached hydrogens (tertiary/aromatic N) is 2. The first-order valence-corrected chi connectivity index (χ1v) is 7.10. The average molecular weight is 313 g/mol. The summed E-state index contributed by atoms with van der Waals surface area (Å²) in [4.78, 5) is 31.3. The van der Waals surface area contributed by atoms with E-state index in [1.165, 1.54) is 0 Å². The van der Waals surface area contributed by atoms with Crippen LogP contribution in [0.1, 0.15) is 40.7 Å². The third-order valence-corrected chi connectivity index (χ3v) is 3.54. The summed E-state index contributed by atoms with van der Waals surface area (Å²) in [6, 6.07) is 6.97. The molecule has 118 valence electrons. The van der Waals surface area contributed by atoms with E-state index in [2.05, 4.69) is 15.1 Å². The Labute approximate surface area is 131 Å². The molecule has 7 heteroatoms. The van der Waals surface area contributed by atoms with E-state index >= 15 is 0 Å². The van der Waals surface area contributed by atoms with Crippen LogP contribution in [0.2, 0.25) is 0 Å². The number of hydrogen-bond acceptors (Lipinski definition) is 6. The zero-order chi connectivity index (χ0) is 16.6. The Morgan fingerprint density at radius 1 is 1.30 bits per heavy atom. The maximum Gasteiger partial charge on any atom is 0.344 e. The fourth-order valence-electron chi connectivity index (χ4n) is 2.35. The van der Waals surface area contributed by atoms with Crippen molar-refractivity contribution in [3.63, 3.8) is 0 Å². The Kier molecular flexibility index (Phi) is 3.69. The number of carbonyl (C=O) groups is 1. The summed E-state index contributed by atoms with van der Waals surface area (Å²) in [5.74, 6) is 0.109. The molecule has 0 aliphatic carbocycles. The van der Waals surface area contributed by atoms with Gasteiger partial charge in [0.05, 0.1) is 16.6 Å². The van der Waals surface area contributed by atoms with Gasteiger partial charge in [-0.15, -0.1) is 0 Å². The number of fused-ring (bicyclic) bond motifs is 1. The van der Waals surface area contributed by atoms with Crippen molar-refractivity contribution in [2.75, 3.05) is 0 Å². The van der Waals surface area contributed by atoms with Crippen molar-refractivity contribution >= 4 is 16.9 Å². The number of aromatic nitrogens is 3. The van der Waals surface area contributed by atoms with Crippen LogP contribution in [0, 0.1) is 13.8 Å². The first-order valence-electron chi connectivity index (χ1n) is 7.10. The molecule has 0 amide bonds. The summed E-state index contributed by atoms with van der Waals surface area (Å²) >= 11 is 0. The molecule has 0 saturated heterocycles. The third kappa shape index (κ3) is 2.73. The molecule has 0 fully saturated rings. The fraction of sp³-hybridized carbons (Fsp3) is 0.250. The van der Waals surface area contributed by atoms with Crippen molar-refractivity contribution in [1.82, 2.24) is 15.1 Å². The highest BCUT2D eigenvalue weighted by Gasteiger charge is 2.22. The summed E-state index contributed by atoms with van der Waals surface area (Å²) in [6.07, 6.45) is -0.714. The molecule has 0 bridgehead atoms. The minimum absolute atomic E-state index is 0.272. The van der Waals surface area contributed by atoms with Gasteiger partial charge in [-0.3, -0.25) is 4.79 Å². The highest BCUT2D eigenvalue weighted by molar-refractivity contribution is 5.91. The molecular formula is C16H15N3O4. The molecule has 1 N–H and O–H groups in total. The van der Waals surface area contributed by atoms with Crippen LogP contribution in [0.25, 0.3) is 10.9 Å². The topological polar surface area (TPSA) is 98.1 Å². The van der Waals surface area contributed by atoms with Crippen LogP contribution in [0.5, 0.6) is 0 Å². The maximum atomic E-state index is 12.2. The summed E-state index contributed by atoms with van der Waals surface area (Å²) in [5.41, 5.74) is 1.02. The number of aromatic amines is 1. The lowest BCUT2D eigenvalue weighted by Gasteiger charge is -2.12. The highest BCUT2D eigenvalue weighted by Crippen LogP contribution is 2.19. The summed E-state index contributed by atoms with van der Waals surface area (Å²) in [5, 5.41) is 4.21. The van der Waals surface area contributed by atoms with Crippen LogP contribution >= 0.6 is 0 Å². The number of esters is 1. The highest BCUT2D eigenvalue weighted by atomic mass is 16.5. The van der Waals surface area contributed by atoms with E-state index in [0.29, 0.717) is 27.9 Å². The van der Waals surface area contributed by atoms with Crippen molar-refractivity contribution in [3.8, 4) is 0 Å². The molecule has 1 atom stereocenters. The molecule has 0 aliphatic heterocycles. The predicted octanol–water partition coefficient (Wildman–Crippen LogP) is 2.45. The molecule has 7 nitrogen and oxygen atoms in total. The van der Waals surface area contributed by atoms with Gasteiger partial charge in [-0.1, -0.05) is 17.3 Å². The number of hydrogen-bond donors (Lipinski definition) is 1. The maximum absolute atomic E-state index is 12.2. The van der Waals surface area contributed by atoms with Gasteiger partial charge in [-0.05, 0) is 32.9 Å². The Bertz CT molecular complexity index is 922. The van der Waals surface area contributed by atoms with Crippen molar-refractivity contribution in [2.24, 2.45) is 0 Å². The van der Waals surface area contributed by atoms with E-state index in [4.69, 9.17) is 9.26 Å². The van der Waals surface area contributed by atoms with Crippen molar-refractivity contribution in [2.45, 2.75) is 26.9 Å². The largest absolute Gasteiger partial charge is 0.451 e. The van der Waals surface area contributed by atoms with Crippen LogP contribution < -0.4 is 5.56 Å². The van der Waals surface area contributed by atoms with E-state index in [1.807, 2.05) is 0 Å². The van der Waals surface area contributed by atoms with E-state index < -0.39 is 12.1 Å². The SMILES string of the molecule is Cc1noc(C)c1C(=O)O[C@@H](C)c1nc2ccccc2c(=O)[nH]1. The lowest BCUT2D eigenvalue weighted by molar-refractivity contribution is 0.0317. The number of para-hydroxylation sites is 1. The molecule has 23 heavy (non-hydrogen) atoms. The van der Waals surface area contributed by atoms with Crippen LogP contribution in [0.15, 0.2) is 33.6 Å². The number of ether oxygens (including phenoxy) is 1. The number of aryl methyl sites for hydroxylation is 2. The monoisotopic (exact) mass is 313 g/mol. The molecule has 2 aromatic heterocycles. The molecular weight excluding hydrogens is 298 g/mol. The molecule has 3 rings (SSSR count). The second-order valence-electron chi connectivity index (χ2n) is 5.22. The van der Waals surface area contributed by atoms with Crippen LogP contribution in [-0.4, -0.2) is 21.1 Å². The van der Waals surface area contributed by atoms with E-state index in [-0.39, 0.29) is 11.4 Å². The summed E-state index contributed by atoms with van der Waals surface area (Å²) < 4.78 is 10.3. The minimum Gasteiger partial charge on any atom is -0.451 e. The Hall–Kier alpha value is -2.96. The quantitative estimate of drug-likeness (QED) is 0.746. The van der Waals surface area contributed by atoms with E-state index in [0.717, 1.165) is 0 Å². The molecule has 0 spiro atoms.